The van der Waals surface area contributed by atoms with Crippen LogP contribution < -0.4 is 16.6 Å². The second kappa shape index (κ2) is 6.00. The summed E-state index contributed by atoms with van der Waals surface area (Å²) in [6.45, 7) is 0. The molecule has 106 valence electrons. The molecule has 2 rings (SSSR count). The van der Waals surface area contributed by atoms with E-state index in [1.54, 1.807) is 0 Å². The number of hydrogen-bond acceptors (Lipinski definition) is 8. The van der Waals surface area contributed by atoms with Crippen LogP contribution in [0.5, 0.6) is 0 Å². The van der Waals surface area contributed by atoms with E-state index in [1.807, 2.05) is 6.07 Å². The van der Waals surface area contributed by atoms with Crippen molar-refractivity contribution in [2.75, 3.05) is 10.7 Å². The van der Waals surface area contributed by atoms with Crippen molar-refractivity contribution in [3.8, 4) is 6.07 Å². The zero-order chi connectivity index (χ0) is 15.4. The molecule has 1 aromatic carbocycles. The Hall–Kier alpha value is -2.96. The minimum Gasteiger partial charge on any atom is -0.333 e. The van der Waals surface area contributed by atoms with Crippen molar-refractivity contribution >= 4 is 34.7 Å². The maximum atomic E-state index is 11.0. The first-order valence-corrected chi connectivity index (χ1v) is 5.87. The molecule has 0 fully saturated rings. The van der Waals surface area contributed by atoms with Gasteiger partial charge < -0.3 is 5.32 Å². The summed E-state index contributed by atoms with van der Waals surface area (Å²) in [7, 11) is 0. The van der Waals surface area contributed by atoms with Gasteiger partial charge in [0.15, 0.2) is 0 Å². The highest BCUT2D eigenvalue weighted by Crippen LogP contribution is 2.28. The lowest BCUT2D eigenvalue weighted by molar-refractivity contribution is -0.384. The van der Waals surface area contributed by atoms with Gasteiger partial charge in [-0.05, 0) is 18.2 Å². The van der Waals surface area contributed by atoms with Gasteiger partial charge in [-0.15, -0.1) is 0 Å². The normalized spacial score (nSPS) is 9.76. The van der Waals surface area contributed by atoms with Crippen molar-refractivity contribution in [2.24, 2.45) is 5.84 Å². The van der Waals surface area contributed by atoms with Gasteiger partial charge >= 0.3 is 5.69 Å². The lowest BCUT2D eigenvalue weighted by Crippen LogP contribution is -2.12. The van der Waals surface area contributed by atoms with Gasteiger partial charge in [-0.2, -0.15) is 10.2 Å². The van der Waals surface area contributed by atoms with E-state index in [4.69, 9.17) is 22.7 Å². The molecule has 1 aromatic heterocycles. The van der Waals surface area contributed by atoms with Gasteiger partial charge in [0.2, 0.25) is 11.8 Å². The molecule has 0 spiro atoms. The van der Waals surface area contributed by atoms with Crippen LogP contribution in [0.1, 0.15) is 5.56 Å². The van der Waals surface area contributed by atoms with E-state index in [0.717, 1.165) is 6.20 Å². The smallest absolute Gasteiger partial charge is 0.329 e. The van der Waals surface area contributed by atoms with Gasteiger partial charge in [-0.3, -0.25) is 15.5 Å². The van der Waals surface area contributed by atoms with Crippen LogP contribution in [0.4, 0.5) is 23.1 Å². The first kappa shape index (κ1) is 14.4. The first-order chi connectivity index (χ1) is 10.0. The van der Waals surface area contributed by atoms with Gasteiger partial charge in [-0.1, -0.05) is 11.6 Å². The molecule has 0 aliphatic heterocycles. The van der Waals surface area contributed by atoms with E-state index < -0.39 is 4.92 Å². The SMILES string of the molecule is N#Cc1ccc(Cl)cc1Nc1nc(NN)ncc1[N+](=O)[O-]. The monoisotopic (exact) mass is 305 g/mol. The molecule has 21 heavy (non-hydrogen) atoms. The Kier molecular flexibility index (Phi) is 4.13. The van der Waals surface area contributed by atoms with Crippen molar-refractivity contribution < 1.29 is 4.92 Å². The van der Waals surface area contributed by atoms with Crippen molar-refractivity contribution in [3.63, 3.8) is 0 Å². The number of nitrogen functional groups attached to an aromatic ring is 1. The number of rotatable bonds is 4. The molecule has 10 heteroatoms. The second-order valence-corrected chi connectivity index (χ2v) is 4.19. The van der Waals surface area contributed by atoms with Crippen LogP contribution in [0.15, 0.2) is 24.4 Å². The highest BCUT2D eigenvalue weighted by molar-refractivity contribution is 6.30. The van der Waals surface area contributed by atoms with Gasteiger partial charge in [0.1, 0.15) is 12.3 Å². The topological polar surface area (TPSA) is 143 Å². The number of hydrogen-bond donors (Lipinski definition) is 3. The predicted molar refractivity (Wildman–Crippen MR) is 75.9 cm³/mol. The molecule has 0 bridgehead atoms. The largest absolute Gasteiger partial charge is 0.333 e. The molecule has 1 heterocycles. The molecular weight excluding hydrogens is 298 g/mol. The molecule has 0 unspecified atom stereocenters. The summed E-state index contributed by atoms with van der Waals surface area (Å²) in [6, 6.07) is 6.43. The standard InChI is InChI=1S/C11H8ClN7O2/c12-7-2-1-6(4-13)8(3-7)16-10-9(19(20)21)5-15-11(17-10)18-14/h1-3,5H,14H2,(H2,15,16,17,18). The van der Waals surface area contributed by atoms with Crippen molar-refractivity contribution in [1.82, 2.24) is 9.97 Å². The van der Waals surface area contributed by atoms with E-state index in [0.29, 0.717) is 5.02 Å². The summed E-state index contributed by atoms with van der Waals surface area (Å²) < 4.78 is 0. The molecule has 0 aliphatic rings. The molecular formula is C11H8ClN7O2. The van der Waals surface area contributed by atoms with Crippen LogP contribution in [0.25, 0.3) is 0 Å². The summed E-state index contributed by atoms with van der Waals surface area (Å²) in [6.07, 6.45) is 1.00. The highest BCUT2D eigenvalue weighted by Gasteiger charge is 2.18. The number of nitro groups is 1. The van der Waals surface area contributed by atoms with Crippen LogP contribution in [0.3, 0.4) is 0 Å². The van der Waals surface area contributed by atoms with Crippen molar-refractivity contribution in [3.05, 3.63) is 45.1 Å². The van der Waals surface area contributed by atoms with E-state index in [1.165, 1.54) is 18.2 Å². The predicted octanol–water partition coefficient (Wildman–Crippen LogP) is 1.94. The zero-order valence-electron chi connectivity index (χ0n) is 10.4. The average Bonchev–Trinajstić information content (AvgIpc) is 2.47. The van der Waals surface area contributed by atoms with Crippen LogP contribution >= 0.6 is 11.6 Å². The van der Waals surface area contributed by atoms with Crippen LogP contribution in [-0.4, -0.2) is 14.9 Å². The van der Waals surface area contributed by atoms with E-state index in [9.17, 15) is 10.1 Å². The Morgan fingerprint density at radius 2 is 2.24 bits per heavy atom. The van der Waals surface area contributed by atoms with Gasteiger partial charge in [0.25, 0.3) is 0 Å². The Morgan fingerprint density at radius 1 is 1.48 bits per heavy atom. The van der Waals surface area contributed by atoms with Crippen LogP contribution in [-0.2, 0) is 0 Å². The van der Waals surface area contributed by atoms with Crippen LogP contribution in [0.2, 0.25) is 5.02 Å². The molecule has 4 N–H and O–H groups in total. The Labute approximate surface area is 123 Å². The summed E-state index contributed by atoms with van der Waals surface area (Å²) in [4.78, 5) is 17.8. The Balaban J connectivity index is 2.50. The molecule has 0 amide bonds. The minimum atomic E-state index is -0.654. The first-order valence-electron chi connectivity index (χ1n) is 5.50. The molecule has 0 atom stereocenters. The summed E-state index contributed by atoms with van der Waals surface area (Å²) in [5.74, 6) is 5.05. The lowest BCUT2D eigenvalue weighted by atomic mass is 10.2. The minimum absolute atomic E-state index is 0.0105. The average molecular weight is 306 g/mol. The fourth-order valence-electron chi connectivity index (χ4n) is 1.52. The number of nitrogens with two attached hydrogens (primary N) is 1. The zero-order valence-corrected chi connectivity index (χ0v) is 11.1. The number of nitriles is 1. The summed E-state index contributed by atoms with van der Waals surface area (Å²) in [5, 5.41) is 23.1. The summed E-state index contributed by atoms with van der Waals surface area (Å²) in [5.41, 5.74) is 2.37. The fourth-order valence-corrected chi connectivity index (χ4v) is 1.69. The summed E-state index contributed by atoms with van der Waals surface area (Å²) >= 11 is 5.85. The molecule has 2 aromatic rings. The van der Waals surface area contributed by atoms with E-state index in [2.05, 4.69) is 20.7 Å². The Morgan fingerprint density at radius 3 is 2.86 bits per heavy atom. The quantitative estimate of drug-likeness (QED) is 0.441. The highest BCUT2D eigenvalue weighted by atomic mass is 35.5. The number of nitrogens with zero attached hydrogens (tertiary/aromatic N) is 4. The van der Waals surface area contributed by atoms with Crippen molar-refractivity contribution in [2.45, 2.75) is 0 Å². The van der Waals surface area contributed by atoms with E-state index >= 15 is 0 Å². The number of benzene rings is 1. The van der Waals surface area contributed by atoms with Crippen molar-refractivity contribution in [1.29, 1.82) is 5.26 Å². The third kappa shape index (κ3) is 3.14. The molecule has 0 saturated heterocycles. The number of halogens is 1. The molecule has 0 saturated carbocycles. The number of aromatic nitrogens is 2. The number of anilines is 3. The van der Waals surface area contributed by atoms with Gasteiger partial charge in [0.05, 0.1) is 16.2 Å². The third-order valence-electron chi connectivity index (χ3n) is 2.45. The maximum absolute atomic E-state index is 11.0. The van der Waals surface area contributed by atoms with Gasteiger partial charge in [-0.25, -0.2) is 10.8 Å². The maximum Gasteiger partial charge on any atom is 0.329 e. The third-order valence-corrected chi connectivity index (χ3v) is 2.69. The van der Waals surface area contributed by atoms with E-state index in [-0.39, 0.29) is 28.7 Å². The lowest BCUT2D eigenvalue weighted by Gasteiger charge is -2.09. The van der Waals surface area contributed by atoms with Gasteiger partial charge in [0, 0.05) is 5.02 Å². The molecule has 0 aliphatic carbocycles. The Bertz CT molecular complexity index is 744. The fraction of sp³-hybridized carbons (Fsp3) is 0. The second-order valence-electron chi connectivity index (χ2n) is 3.76. The molecule has 0 radical (unpaired) electrons. The number of nitrogens with one attached hydrogen (secondary N) is 2. The van der Waals surface area contributed by atoms with Crippen LogP contribution in [0, 0.1) is 21.4 Å². The molecule has 9 nitrogen and oxygen atoms in total. The number of hydrazine groups is 1.